The maximum atomic E-state index is 13.2. The summed E-state index contributed by atoms with van der Waals surface area (Å²) in [6.07, 6.45) is 1.30. The van der Waals surface area contributed by atoms with E-state index in [2.05, 4.69) is 15.3 Å². The van der Waals surface area contributed by atoms with Crippen molar-refractivity contribution >= 4 is 52.3 Å². The van der Waals surface area contributed by atoms with Crippen LogP contribution in [0.3, 0.4) is 0 Å². The molecule has 0 fully saturated rings. The minimum Gasteiger partial charge on any atom is -0.493 e. The smallest absolute Gasteiger partial charge is 0.327 e. The molecule has 0 bridgehead atoms. The monoisotopic (exact) mass is 484 g/mol. The van der Waals surface area contributed by atoms with Crippen LogP contribution in [0.4, 0.5) is 20.7 Å². The van der Waals surface area contributed by atoms with Gasteiger partial charge in [-0.05, 0) is 24.3 Å². The molecule has 0 radical (unpaired) electrons. The fraction of sp³-hybridized carbons (Fsp3) is 0.150. The summed E-state index contributed by atoms with van der Waals surface area (Å²) < 4.78 is 23.6. The highest BCUT2D eigenvalue weighted by Crippen LogP contribution is 2.50. The molecule has 0 atom stereocenters. The fourth-order valence-electron chi connectivity index (χ4n) is 2.69. The van der Waals surface area contributed by atoms with Gasteiger partial charge in [-0.15, -0.1) is 0 Å². The van der Waals surface area contributed by atoms with E-state index in [4.69, 9.17) is 44.3 Å². The fourth-order valence-corrected chi connectivity index (χ4v) is 3.81. The van der Waals surface area contributed by atoms with E-state index in [1.54, 1.807) is 18.2 Å². The average molecular weight is 486 g/mol. The summed E-state index contributed by atoms with van der Waals surface area (Å²) in [5.74, 6) is 0.121. The molecule has 3 rings (SSSR count). The van der Waals surface area contributed by atoms with Crippen molar-refractivity contribution in [2.24, 2.45) is 0 Å². The maximum Gasteiger partial charge on any atom is 0.327 e. The number of nitrogens with one attached hydrogen (secondary N) is 1. The van der Waals surface area contributed by atoms with Gasteiger partial charge in [0.05, 0.1) is 25.6 Å². The Morgan fingerprint density at radius 3 is 2.13 bits per heavy atom. The van der Waals surface area contributed by atoms with Crippen molar-refractivity contribution in [3.63, 3.8) is 0 Å². The van der Waals surface area contributed by atoms with Crippen LogP contribution in [-0.2, 0) is 0 Å². The van der Waals surface area contributed by atoms with Crippen LogP contribution in [0.5, 0.6) is 11.5 Å². The maximum absolute atomic E-state index is 13.2. The molecule has 0 unspecified atom stereocenters. The second-order valence-electron chi connectivity index (χ2n) is 6.14. The summed E-state index contributed by atoms with van der Waals surface area (Å²) in [4.78, 5) is 22.4. The molecular formula is C20H16Cl3FN4O3. The van der Waals surface area contributed by atoms with Gasteiger partial charge in [0, 0.05) is 18.7 Å². The number of rotatable bonds is 5. The molecule has 7 nitrogen and oxygen atoms in total. The van der Waals surface area contributed by atoms with E-state index in [0.29, 0.717) is 11.3 Å². The Kier molecular flexibility index (Phi) is 7.04. The van der Waals surface area contributed by atoms with Gasteiger partial charge in [-0.3, -0.25) is 4.90 Å². The minimum atomic E-state index is -0.598. The molecule has 0 saturated heterocycles. The van der Waals surface area contributed by atoms with E-state index in [9.17, 15) is 9.18 Å². The summed E-state index contributed by atoms with van der Waals surface area (Å²) in [5, 5.41) is 2.71. The van der Waals surface area contributed by atoms with Gasteiger partial charge in [0.1, 0.15) is 33.0 Å². The number of urea groups is 1. The Morgan fingerprint density at radius 1 is 1.00 bits per heavy atom. The standard InChI is InChI=1S/C20H16Cl3FN4O3/c1-28(13-8-12(25-9-26-13)10-4-6-11(24)7-5-10)20(29)27-17-14(21)18(30-2)16(23)19(31-3)15(17)22/h4-9H,1-3H3,(H,27,29). The van der Waals surface area contributed by atoms with Crippen LogP contribution in [0.1, 0.15) is 0 Å². The topological polar surface area (TPSA) is 76.6 Å². The Labute approximate surface area is 192 Å². The van der Waals surface area contributed by atoms with Gasteiger partial charge >= 0.3 is 6.03 Å². The molecule has 11 heteroatoms. The lowest BCUT2D eigenvalue weighted by atomic mass is 10.1. The second kappa shape index (κ2) is 9.55. The SMILES string of the molecule is COc1c(Cl)c(NC(=O)N(C)c2cc(-c3ccc(F)cc3)ncn2)c(Cl)c(OC)c1Cl. The van der Waals surface area contributed by atoms with Crippen LogP contribution in [-0.4, -0.2) is 37.3 Å². The highest BCUT2D eigenvalue weighted by atomic mass is 35.5. The molecule has 1 heterocycles. The number of methoxy groups -OCH3 is 2. The largest absolute Gasteiger partial charge is 0.493 e. The molecule has 162 valence electrons. The first-order valence-corrected chi connectivity index (χ1v) is 9.83. The van der Waals surface area contributed by atoms with Crippen LogP contribution in [0, 0.1) is 5.82 Å². The minimum absolute atomic E-state index is 0.00902. The lowest BCUT2D eigenvalue weighted by Gasteiger charge is -2.21. The van der Waals surface area contributed by atoms with Gasteiger partial charge in [0.15, 0.2) is 11.5 Å². The number of hydrogen-bond donors (Lipinski definition) is 1. The number of benzene rings is 2. The number of hydrogen-bond acceptors (Lipinski definition) is 5. The molecule has 3 aromatic rings. The van der Waals surface area contributed by atoms with Crippen molar-refractivity contribution < 1.29 is 18.7 Å². The third-order valence-corrected chi connectivity index (χ3v) is 5.38. The number of aromatic nitrogens is 2. The first kappa shape index (κ1) is 22.9. The first-order valence-electron chi connectivity index (χ1n) is 8.69. The molecule has 0 spiro atoms. The van der Waals surface area contributed by atoms with Crippen LogP contribution in [0.25, 0.3) is 11.3 Å². The summed E-state index contributed by atoms with van der Waals surface area (Å²) in [5.41, 5.74) is 1.23. The van der Waals surface area contributed by atoms with Gasteiger partial charge < -0.3 is 14.8 Å². The Balaban J connectivity index is 1.91. The van der Waals surface area contributed by atoms with Crippen LogP contribution >= 0.6 is 34.8 Å². The molecular weight excluding hydrogens is 470 g/mol. The van der Waals surface area contributed by atoms with E-state index in [0.717, 1.165) is 0 Å². The van der Waals surface area contributed by atoms with Crippen LogP contribution < -0.4 is 19.7 Å². The Morgan fingerprint density at radius 2 is 1.58 bits per heavy atom. The van der Waals surface area contributed by atoms with Gasteiger partial charge in [-0.1, -0.05) is 34.8 Å². The van der Waals surface area contributed by atoms with Gasteiger partial charge in [-0.25, -0.2) is 19.2 Å². The number of ether oxygens (including phenoxy) is 2. The predicted octanol–water partition coefficient (Wildman–Crippen LogP) is 5.93. The molecule has 0 saturated carbocycles. The highest BCUT2D eigenvalue weighted by Gasteiger charge is 2.25. The zero-order valence-corrected chi connectivity index (χ0v) is 18.8. The third kappa shape index (κ3) is 4.61. The number of amides is 2. The van der Waals surface area contributed by atoms with E-state index >= 15 is 0 Å². The molecule has 0 aliphatic rings. The molecule has 1 N–H and O–H groups in total. The molecule has 2 amide bonds. The van der Waals surface area contributed by atoms with Gasteiger partial charge in [0.25, 0.3) is 0 Å². The van der Waals surface area contributed by atoms with Gasteiger partial charge in [0.2, 0.25) is 0 Å². The van der Waals surface area contributed by atoms with Crippen LogP contribution in [0.15, 0.2) is 36.7 Å². The average Bonchev–Trinajstić information content (AvgIpc) is 2.77. The number of halogens is 4. The van der Waals surface area contributed by atoms with Crippen LogP contribution in [0.2, 0.25) is 15.1 Å². The number of anilines is 2. The van der Waals surface area contributed by atoms with Crippen molar-refractivity contribution in [1.82, 2.24) is 9.97 Å². The molecule has 1 aromatic heterocycles. The summed E-state index contributed by atoms with van der Waals surface area (Å²) in [6, 6.07) is 6.77. The summed E-state index contributed by atoms with van der Waals surface area (Å²) >= 11 is 18.8. The lowest BCUT2D eigenvalue weighted by molar-refractivity contribution is 0.258. The zero-order chi connectivity index (χ0) is 22.7. The highest BCUT2D eigenvalue weighted by molar-refractivity contribution is 6.45. The Bertz CT molecular complexity index is 1100. The van der Waals surface area contributed by atoms with Crippen molar-refractivity contribution in [2.45, 2.75) is 0 Å². The first-order chi connectivity index (χ1) is 14.8. The van der Waals surface area contributed by atoms with Crippen molar-refractivity contribution in [3.05, 3.63) is 57.5 Å². The number of carbonyl (C=O) groups is 1. The van der Waals surface area contributed by atoms with E-state index < -0.39 is 6.03 Å². The van der Waals surface area contributed by atoms with Crippen molar-refractivity contribution in [3.8, 4) is 22.8 Å². The van der Waals surface area contributed by atoms with E-state index in [-0.39, 0.29) is 43.9 Å². The lowest BCUT2D eigenvalue weighted by Crippen LogP contribution is -2.32. The van der Waals surface area contributed by atoms with Gasteiger partial charge in [-0.2, -0.15) is 0 Å². The predicted molar refractivity (Wildman–Crippen MR) is 119 cm³/mol. The number of carbonyl (C=O) groups excluding carboxylic acids is 1. The van der Waals surface area contributed by atoms with E-state index in [1.807, 2.05) is 0 Å². The zero-order valence-electron chi connectivity index (χ0n) is 16.5. The second-order valence-corrected chi connectivity index (χ2v) is 7.27. The normalized spacial score (nSPS) is 10.5. The molecule has 0 aliphatic heterocycles. The molecule has 2 aromatic carbocycles. The van der Waals surface area contributed by atoms with Crippen molar-refractivity contribution in [2.75, 3.05) is 31.5 Å². The summed E-state index contributed by atoms with van der Waals surface area (Å²) in [7, 11) is 4.24. The Hall–Kier alpha value is -2.81. The molecule has 0 aliphatic carbocycles. The molecule has 31 heavy (non-hydrogen) atoms. The van der Waals surface area contributed by atoms with Crippen molar-refractivity contribution in [1.29, 1.82) is 0 Å². The number of nitrogens with zero attached hydrogens (tertiary/aromatic N) is 3. The van der Waals surface area contributed by atoms with E-state index in [1.165, 1.54) is 44.6 Å². The quantitative estimate of drug-likeness (QED) is 0.485. The third-order valence-electron chi connectivity index (χ3n) is 4.32. The summed E-state index contributed by atoms with van der Waals surface area (Å²) in [6.45, 7) is 0.